The topological polar surface area (TPSA) is 61.4 Å². The lowest BCUT2D eigenvalue weighted by atomic mass is 10.2. The summed E-state index contributed by atoms with van der Waals surface area (Å²) in [6.07, 6.45) is 1.64. The third-order valence-corrected chi connectivity index (χ3v) is 3.55. The largest absolute Gasteiger partial charge is 0.354 e. The monoisotopic (exact) mass is 247 g/mol. The maximum Gasteiger partial charge on any atom is 0.237 e. The van der Waals surface area contributed by atoms with Gasteiger partial charge in [0.25, 0.3) is 0 Å². The number of hydrogen-bond donors (Lipinski definition) is 2. The molecule has 1 aliphatic heterocycles. The van der Waals surface area contributed by atoms with Gasteiger partial charge >= 0.3 is 0 Å². The van der Waals surface area contributed by atoms with Crippen LogP contribution in [0.4, 0.5) is 0 Å². The molecule has 0 radical (unpaired) electrons. The molecule has 2 atom stereocenters. The quantitative estimate of drug-likeness (QED) is 0.639. The second-order valence-corrected chi connectivity index (χ2v) is 5.58. The molecule has 1 rings (SSSR count). The number of hydrogen-bond acceptors (Lipinski definition) is 4. The summed E-state index contributed by atoms with van der Waals surface area (Å²) in [4.78, 5) is 13.9. The molecule has 5 nitrogen and oxygen atoms in total. The molecule has 1 aliphatic rings. The molecule has 0 bridgehead atoms. The van der Waals surface area contributed by atoms with Crippen molar-refractivity contribution < 1.29 is 9.00 Å². The average molecular weight is 247 g/mol. The second-order valence-electron chi connectivity index (χ2n) is 4.03. The van der Waals surface area contributed by atoms with Crippen LogP contribution in [-0.2, 0) is 15.6 Å². The lowest BCUT2D eigenvalue weighted by Gasteiger charge is -2.31. The van der Waals surface area contributed by atoms with Crippen molar-refractivity contribution in [3.8, 4) is 0 Å². The summed E-state index contributed by atoms with van der Waals surface area (Å²) in [5.74, 6) is 0.562. The zero-order valence-electron chi connectivity index (χ0n) is 9.99. The molecular weight excluding hydrogens is 226 g/mol. The molecule has 0 spiro atoms. The van der Waals surface area contributed by atoms with Gasteiger partial charge in [-0.25, -0.2) is 0 Å². The first-order valence-electron chi connectivity index (χ1n) is 5.64. The summed E-state index contributed by atoms with van der Waals surface area (Å²) >= 11 is 0. The van der Waals surface area contributed by atoms with Gasteiger partial charge in [-0.15, -0.1) is 0 Å². The lowest BCUT2D eigenvalue weighted by Crippen LogP contribution is -2.53. The van der Waals surface area contributed by atoms with Gasteiger partial charge < -0.3 is 10.6 Å². The molecule has 0 aromatic rings. The van der Waals surface area contributed by atoms with Crippen molar-refractivity contribution >= 4 is 16.7 Å². The van der Waals surface area contributed by atoms with E-state index in [-0.39, 0.29) is 11.9 Å². The van der Waals surface area contributed by atoms with E-state index < -0.39 is 10.8 Å². The van der Waals surface area contributed by atoms with Gasteiger partial charge in [-0.1, -0.05) is 0 Å². The maximum atomic E-state index is 11.8. The van der Waals surface area contributed by atoms with Gasteiger partial charge in [-0.05, 0) is 6.92 Å². The number of amides is 1. The minimum absolute atomic E-state index is 0.0346. The first kappa shape index (κ1) is 13.6. The minimum atomic E-state index is -0.838. The van der Waals surface area contributed by atoms with Gasteiger partial charge in [0.15, 0.2) is 0 Å². The Morgan fingerprint density at radius 3 is 2.69 bits per heavy atom. The van der Waals surface area contributed by atoms with Gasteiger partial charge in [-0.2, -0.15) is 0 Å². The Balaban J connectivity index is 2.26. The Morgan fingerprint density at radius 2 is 2.12 bits per heavy atom. The molecule has 0 saturated carbocycles. The van der Waals surface area contributed by atoms with E-state index in [1.807, 2.05) is 6.92 Å². The van der Waals surface area contributed by atoms with Gasteiger partial charge in [0.2, 0.25) is 5.91 Å². The van der Waals surface area contributed by atoms with Crippen molar-refractivity contribution in [3.63, 3.8) is 0 Å². The Labute approximate surface area is 99.4 Å². The Morgan fingerprint density at radius 1 is 1.50 bits per heavy atom. The first-order chi connectivity index (χ1) is 7.61. The highest BCUT2D eigenvalue weighted by Crippen LogP contribution is 2.00. The summed E-state index contributed by atoms with van der Waals surface area (Å²) < 4.78 is 10.8. The van der Waals surface area contributed by atoms with Crippen LogP contribution in [0.2, 0.25) is 0 Å². The van der Waals surface area contributed by atoms with Crippen LogP contribution < -0.4 is 10.6 Å². The zero-order chi connectivity index (χ0) is 12.0. The van der Waals surface area contributed by atoms with Crippen molar-refractivity contribution in [2.75, 3.05) is 44.7 Å². The third kappa shape index (κ3) is 4.59. The number of carbonyl (C=O) groups excluding carboxylic acids is 1. The number of nitrogens with one attached hydrogen (secondary N) is 2. The smallest absolute Gasteiger partial charge is 0.237 e. The fraction of sp³-hybridized carbons (Fsp3) is 0.900. The Bertz CT molecular complexity index is 254. The average Bonchev–Trinajstić information content (AvgIpc) is 2.28. The molecule has 2 N–H and O–H groups in total. The zero-order valence-corrected chi connectivity index (χ0v) is 10.8. The molecule has 6 heteroatoms. The summed E-state index contributed by atoms with van der Waals surface area (Å²) in [6.45, 7) is 6.12. The molecule has 0 aromatic heterocycles. The lowest BCUT2D eigenvalue weighted by molar-refractivity contribution is -0.125. The predicted molar refractivity (Wildman–Crippen MR) is 65.8 cm³/mol. The van der Waals surface area contributed by atoms with Gasteiger partial charge in [-0.3, -0.25) is 13.9 Å². The van der Waals surface area contributed by atoms with E-state index in [2.05, 4.69) is 15.5 Å². The van der Waals surface area contributed by atoms with Crippen LogP contribution in [0.1, 0.15) is 6.92 Å². The highest BCUT2D eigenvalue weighted by Gasteiger charge is 2.21. The van der Waals surface area contributed by atoms with E-state index in [4.69, 9.17) is 0 Å². The van der Waals surface area contributed by atoms with Crippen molar-refractivity contribution in [2.24, 2.45) is 0 Å². The van der Waals surface area contributed by atoms with E-state index in [9.17, 15) is 9.00 Å². The van der Waals surface area contributed by atoms with Gasteiger partial charge in [0, 0.05) is 55.5 Å². The highest BCUT2D eigenvalue weighted by molar-refractivity contribution is 7.84. The number of nitrogens with zero attached hydrogens (tertiary/aromatic N) is 1. The molecule has 0 aliphatic carbocycles. The van der Waals surface area contributed by atoms with E-state index in [1.54, 1.807) is 6.26 Å². The molecule has 1 fully saturated rings. The standard InChI is InChI=1S/C10H21N3O2S/c1-9(13-6-3-11-4-7-13)10(14)12-5-8-16(2)15/h9,11H,3-8H2,1-2H3,(H,12,14). The summed E-state index contributed by atoms with van der Waals surface area (Å²) in [7, 11) is -0.838. The Hall–Kier alpha value is -0.460. The van der Waals surface area contributed by atoms with Crippen LogP contribution in [0.15, 0.2) is 0 Å². The number of carbonyl (C=O) groups is 1. The Kier molecular flexibility index (Phi) is 5.94. The number of piperazine rings is 1. The summed E-state index contributed by atoms with van der Waals surface area (Å²) in [5.41, 5.74) is 0. The molecule has 1 saturated heterocycles. The highest BCUT2D eigenvalue weighted by atomic mass is 32.2. The third-order valence-electron chi connectivity index (χ3n) is 2.77. The SMILES string of the molecule is CC(C(=O)NCCS(C)=O)N1CCNCC1. The molecule has 2 unspecified atom stereocenters. The van der Waals surface area contributed by atoms with Gasteiger partial charge in [0.05, 0.1) is 6.04 Å². The van der Waals surface area contributed by atoms with E-state index in [1.165, 1.54) is 0 Å². The number of rotatable bonds is 5. The van der Waals surface area contributed by atoms with Crippen molar-refractivity contribution in [1.29, 1.82) is 0 Å². The summed E-state index contributed by atoms with van der Waals surface area (Å²) in [6, 6.07) is -0.0904. The van der Waals surface area contributed by atoms with Crippen LogP contribution in [0.5, 0.6) is 0 Å². The van der Waals surface area contributed by atoms with Crippen molar-refractivity contribution in [2.45, 2.75) is 13.0 Å². The molecule has 1 heterocycles. The van der Waals surface area contributed by atoms with E-state index in [0.717, 1.165) is 26.2 Å². The van der Waals surface area contributed by atoms with Crippen molar-refractivity contribution in [1.82, 2.24) is 15.5 Å². The fourth-order valence-corrected chi connectivity index (χ4v) is 2.09. The van der Waals surface area contributed by atoms with E-state index >= 15 is 0 Å². The van der Waals surface area contributed by atoms with E-state index in [0.29, 0.717) is 12.3 Å². The second kappa shape index (κ2) is 6.98. The maximum absolute atomic E-state index is 11.8. The fourth-order valence-electron chi connectivity index (χ4n) is 1.70. The molecule has 94 valence electrons. The summed E-state index contributed by atoms with van der Waals surface area (Å²) in [5, 5.41) is 6.07. The van der Waals surface area contributed by atoms with Crippen molar-refractivity contribution in [3.05, 3.63) is 0 Å². The van der Waals surface area contributed by atoms with Crippen LogP contribution in [-0.4, -0.2) is 65.8 Å². The minimum Gasteiger partial charge on any atom is -0.354 e. The first-order valence-corrected chi connectivity index (χ1v) is 7.36. The molecule has 1 amide bonds. The molecule has 0 aromatic carbocycles. The molecular formula is C10H21N3O2S. The van der Waals surface area contributed by atoms with Crippen LogP contribution in [0.25, 0.3) is 0 Å². The predicted octanol–water partition coefficient (Wildman–Crippen LogP) is -1.23. The van der Waals surface area contributed by atoms with Gasteiger partial charge in [0.1, 0.15) is 0 Å². The molecule has 16 heavy (non-hydrogen) atoms. The van der Waals surface area contributed by atoms with Crippen LogP contribution in [0, 0.1) is 0 Å². The van der Waals surface area contributed by atoms with Crippen LogP contribution in [0.3, 0.4) is 0 Å². The van der Waals surface area contributed by atoms with Crippen LogP contribution >= 0.6 is 0 Å². The normalized spacial score (nSPS) is 21.4.